The number of nitrogens with zero attached hydrogens (tertiary/aromatic N) is 4. The molecule has 0 spiro atoms. The van der Waals surface area contributed by atoms with E-state index >= 15 is 4.39 Å². The van der Waals surface area contributed by atoms with Gasteiger partial charge in [-0.3, -0.25) is 24.5 Å². The minimum Gasteiger partial charge on any atom is -0.435 e. The van der Waals surface area contributed by atoms with Gasteiger partial charge in [-0.15, -0.1) is 0 Å². The fourth-order valence-electron chi connectivity index (χ4n) is 8.10. The lowest BCUT2D eigenvalue weighted by Gasteiger charge is -2.34. The predicted octanol–water partition coefficient (Wildman–Crippen LogP) is 4.92. The van der Waals surface area contributed by atoms with Crippen molar-refractivity contribution in [2.24, 2.45) is 7.05 Å². The van der Waals surface area contributed by atoms with Crippen molar-refractivity contribution in [1.82, 2.24) is 24.8 Å². The lowest BCUT2D eigenvalue weighted by atomic mass is 10.0. The van der Waals surface area contributed by atoms with E-state index in [0.717, 1.165) is 23.6 Å². The van der Waals surface area contributed by atoms with Crippen LogP contribution in [-0.2, 0) is 29.5 Å². The van der Waals surface area contributed by atoms with Gasteiger partial charge in [-0.2, -0.15) is 0 Å². The summed E-state index contributed by atoms with van der Waals surface area (Å²) in [6.07, 6.45) is -1.60. The van der Waals surface area contributed by atoms with Gasteiger partial charge in [0.25, 0.3) is 5.91 Å². The van der Waals surface area contributed by atoms with Crippen LogP contribution in [0.25, 0.3) is 21.8 Å². The molecule has 0 aliphatic carbocycles. The Morgan fingerprint density at radius 2 is 1.82 bits per heavy atom. The number of amides is 3. The second-order valence-electron chi connectivity index (χ2n) is 15.1. The summed E-state index contributed by atoms with van der Waals surface area (Å²) >= 11 is 0. The lowest BCUT2D eigenvalue weighted by Crippen LogP contribution is -2.52. The van der Waals surface area contributed by atoms with Crippen molar-refractivity contribution in [2.45, 2.75) is 71.2 Å². The maximum Gasteiger partial charge on any atom is 0.261 e. The highest BCUT2D eigenvalue weighted by molar-refractivity contribution is 6.07. The van der Waals surface area contributed by atoms with Gasteiger partial charge >= 0.3 is 0 Å². The van der Waals surface area contributed by atoms with Crippen molar-refractivity contribution >= 4 is 50.9 Å². The van der Waals surface area contributed by atoms with Crippen LogP contribution in [0, 0.1) is 19.7 Å². The zero-order valence-corrected chi connectivity index (χ0v) is 33.1. The number of halogens is 1. The molecule has 15 nitrogen and oxygen atoms in total. The van der Waals surface area contributed by atoms with Crippen LogP contribution in [0.2, 0.25) is 0 Å². The molecule has 4 unspecified atom stereocenters. The molecule has 0 radical (unpaired) electrons. The highest BCUT2D eigenvalue weighted by Crippen LogP contribution is 2.45. The molecule has 0 saturated carbocycles. The quantitative estimate of drug-likeness (QED) is 0.0805. The number of benzene rings is 4. The Kier molecular flexibility index (Phi) is 10.6. The Bertz CT molecular complexity index is 2810. The molecule has 6 N–H and O–H groups in total. The second kappa shape index (κ2) is 15.9. The summed E-state index contributed by atoms with van der Waals surface area (Å²) in [7, 11) is 1.78. The van der Waals surface area contributed by atoms with Crippen LogP contribution in [0.15, 0.2) is 77.9 Å². The number of hydrogen-bond donors (Lipinski definition) is 6. The Hall–Kier alpha value is -6.59. The fraction of sp³-hybridized carbons (Fsp3) is 0.273. The van der Waals surface area contributed by atoms with Crippen LogP contribution >= 0.6 is 0 Å². The number of aromatic nitrogens is 3. The molecule has 2 aromatic heterocycles. The normalized spacial score (nSPS) is 18.4. The number of carbonyl (C=O) groups is 3. The molecule has 1 saturated heterocycles. The molecule has 2 aliphatic rings. The maximum absolute atomic E-state index is 15.6. The van der Waals surface area contributed by atoms with Crippen molar-refractivity contribution < 1.29 is 38.8 Å². The number of piperidine rings is 1. The summed E-state index contributed by atoms with van der Waals surface area (Å²) in [5.41, 5.74) is 4.72. The molecule has 4 aromatic carbocycles. The van der Waals surface area contributed by atoms with Gasteiger partial charge in [0.1, 0.15) is 30.6 Å². The van der Waals surface area contributed by atoms with Gasteiger partial charge in [-0.05, 0) is 85.8 Å². The monoisotopic (exact) mass is 815 g/mol. The molecule has 0 bridgehead atoms. The number of aliphatic hydroxyl groups excluding tert-OH is 3. The van der Waals surface area contributed by atoms with E-state index in [1.807, 2.05) is 26.0 Å². The van der Waals surface area contributed by atoms with E-state index in [4.69, 9.17) is 4.74 Å². The van der Waals surface area contributed by atoms with Crippen LogP contribution in [0.1, 0.15) is 76.1 Å². The molecule has 3 amide bonds. The fourth-order valence-corrected chi connectivity index (χ4v) is 8.10. The number of pyridine rings is 1. The van der Waals surface area contributed by atoms with Crippen LogP contribution in [0.3, 0.4) is 0 Å². The first-order valence-corrected chi connectivity index (χ1v) is 19.4. The number of hydrogen-bond acceptors (Lipinski definition) is 12. The van der Waals surface area contributed by atoms with E-state index in [2.05, 4.69) is 25.9 Å². The molecule has 308 valence electrons. The van der Waals surface area contributed by atoms with Gasteiger partial charge in [-0.1, -0.05) is 25.1 Å². The first kappa shape index (κ1) is 40.2. The van der Waals surface area contributed by atoms with E-state index in [1.54, 1.807) is 54.9 Å². The zero-order chi connectivity index (χ0) is 42.6. The van der Waals surface area contributed by atoms with Crippen LogP contribution in [0.4, 0.5) is 15.8 Å². The predicted molar refractivity (Wildman–Crippen MR) is 220 cm³/mol. The molecular weight excluding hydrogens is 774 g/mol. The standard InChI is InChI=1S/C44H42FN7O8/c1-5-23-9-11-32-28(16-23)39(55)37(22(3)51(32)4)41(57)48-25-10-13-34(29(45)19-25)60-42-27-15-21(2)24(17-31(27)46-20-47-42)18-36(54)49-30-8-6-7-26-38(30)44(59)52(43(26)58)33-12-14-35(53)50-40(33)56/h6-11,13,15-17,19-20,33,36,43-44,49,54,58-59H,5,12,14,18H2,1-4H3,(H,48,57)(H,50,53,56). The van der Waals surface area contributed by atoms with Gasteiger partial charge in [0.15, 0.2) is 11.6 Å². The Labute approximate surface area is 342 Å². The van der Waals surface area contributed by atoms with Crippen molar-refractivity contribution in [3.05, 3.63) is 128 Å². The molecule has 16 heteroatoms. The topological polar surface area (TPSA) is 208 Å². The minimum atomic E-state index is -1.39. The van der Waals surface area contributed by atoms with E-state index in [1.165, 1.54) is 23.4 Å². The molecule has 60 heavy (non-hydrogen) atoms. The largest absolute Gasteiger partial charge is 0.435 e. The molecule has 2 aliphatic heterocycles. The first-order chi connectivity index (χ1) is 28.7. The van der Waals surface area contributed by atoms with Gasteiger partial charge in [-0.25, -0.2) is 19.3 Å². The van der Waals surface area contributed by atoms with Crippen LogP contribution in [-0.4, -0.2) is 64.7 Å². The Balaban J connectivity index is 0.972. The molecule has 6 aromatic rings. The van der Waals surface area contributed by atoms with Crippen molar-refractivity contribution in [3.8, 4) is 11.6 Å². The van der Waals surface area contributed by atoms with E-state index in [0.29, 0.717) is 49.9 Å². The number of fused-ring (bicyclic) bond motifs is 3. The van der Waals surface area contributed by atoms with Crippen LogP contribution in [0.5, 0.6) is 11.6 Å². The van der Waals surface area contributed by atoms with Crippen molar-refractivity contribution in [3.63, 3.8) is 0 Å². The third-order valence-electron chi connectivity index (χ3n) is 11.4. The number of anilines is 2. The third kappa shape index (κ3) is 7.23. The number of aryl methyl sites for hydroxylation is 3. The molecule has 1 fully saturated rings. The summed E-state index contributed by atoms with van der Waals surface area (Å²) in [5.74, 6) is -2.58. The number of imide groups is 1. The van der Waals surface area contributed by atoms with Gasteiger partial charge in [0, 0.05) is 59.5 Å². The van der Waals surface area contributed by atoms with Gasteiger partial charge < -0.3 is 35.3 Å². The Morgan fingerprint density at radius 1 is 1.02 bits per heavy atom. The summed E-state index contributed by atoms with van der Waals surface area (Å²) in [4.78, 5) is 61.1. The molecular formula is C44H42FN7O8. The highest BCUT2D eigenvalue weighted by Gasteiger charge is 2.46. The average Bonchev–Trinajstić information content (AvgIpc) is 3.47. The number of ether oxygens (including phenoxy) is 1. The molecule has 8 rings (SSSR count). The summed E-state index contributed by atoms with van der Waals surface area (Å²) in [6.45, 7) is 5.49. The zero-order valence-electron chi connectivity index (χ0n) is 33.1. The third-order valence-corrected chi connectivity index (χ3v) is 11.4. The molecule has 4 heterocycles. The summed E-state index contributed by atoms with van der Waals surface area (Å²) in [5, 5.41) is 42.5. The van der Waals surface area contributed by atoms with E-state index in [-0.39, 0.29) is 42.1 Å². The Morgan fingerprint density at radius 3 is 2.57 bits per heavy atom. The number of carbonyl (C=O) groups excluding carboxylic acids is 3. The maximum atomic E-state index is 15.6. The smallest absolute Gasteiger partial charge is 0.261 e. The summed E-state index contributed by atoms with van der Waals surface area (Å²) in [6, 6.07) is 17.0. The SMILES string of the molecule is CCc1ccc2c(c1)c(=O)c(C(=O)Nc1ccc(Oc3ncnc4cc(CC(O)Nc5cccc6c5C(O)N(C5CCC(=O)NC5=O)C6O)c(C)cc34)c(F)c1)c(C)n2C. The van der Waals surface area contributed by atoms with Gasteiger partial charge in [0.2, 0.25) is 23.1 Å². The summed E-state index contributed by atoms with van der Waals surface area (Å²) < 4.78 is 23.3. The number of nitrogens with one attached hydrogen (secondary N) is 3. The van der Waals surface area contributed by atoms with Crippen LogP contribution < -0.4 is 26.1 Å². The molecule has 4 atom stereocenters. The van der Waals surface area contributed by atoms with Gasteiger partial charge in [0.05, 0.1) is 22.5 Å². The first-order valence-electron chi connectivity index (χ1n) is 19.4. The van der Waals surface area contributed by atoms with E-state index in [9.17, 15) is 34.5 Å². The average molecular weight is 816 g/mol. The van der Waals surface area contributed by atoms with Crippen molar-refractivity contribution in [1.29, 1.82) is 0 Å². The van der Waals surface area contributed by atoms with E-state index < -0.39 is 53.7 Å². The van der Waals surface area contributed by atoms with Crippen molar-refractivity contribution in [2.75, 3.05) is 10.6 Å². The number of aliphatic hydroxyl groups is 3. The lowest BCUT2D eigenvalue weighted by molar-refractivity contribution is -0.154. The minimum absolute atomic E-state index is 0.0370. The second-order valence-corrected chi connectivity index (χ2v) is 15.1. The highest BCUT2D eigenvalue weighted by atomic mass is 19.1. The number of rotatable bonds is 10.